The lowest BCUT2D eigenvalue weighted by Gasteiger charge is -2.54. The topological polar surface area (TPSA) is 114 Å². The molecule has 0 aromatic heterocycles. The summed E-state index contributed by atoms with van der Waals surface area (Å²) in [6, 6.07) is 3.18. The molecule has 3 N–H and O–H groups in total. The van der Waals surface area contributed by atoms with Gasteiger partial charge >= 0.3 is 0 Å². The van der Waals surface area contributed by atoms with E-state index >= 15 is 0 Å². The van der Waals surface area contributed by atoms with Crippen molar-refractivity contribution < 1.29 is 23.2 Å². The molecular formula is C26H32ClF2N5O3. The molecule has 2 bridgehead atoms. The molecule has 1 aliphatic carbocycles. The molecule has 1 aromatic carbocycles. The molecule has 1 aromatic rings. The van der Waals surface area contributed by atoms with Crippen LogP contribution in [0.3, 0.4) is 0 Å². The quantitative estimate of drug-likeness (QED) is 0.495. The highest BCUT2D eigenvalue weighted by Crippen LogP contribution is 2.49. The van der Waals surface area contributed by atoms with Crippen LogP contribution < -0.4 is 16.0 Å². The van der Waals surface area contributed by atoms with Crippen molar-refractivity contribution in [2.45, 2.75) is 82.5 Å². The molecule has 11 heteroatoms. The molecule has 3 heterocycles. The Morgan fingerprint density at radius 2 is 2.08 bits per heavy atom. The van der Waals surface area contributed by atoms with Crippen LogP contribution in [0.5, 0.6) is 0 Å². The molecule has 0 unspecified atom stereocenters. The lowest BCUT2D eigenvalue weighted by molar-refractivity contribution is -0.194. The number of rotatable bonds is 7. The van der Waals surface area contributed by atoms with Gasteiger partial charge in [-0.15, -0.1) is 0 Å². The number of carbonyl (C=O) groups is 3. The molecule has 200 valence electrons. The number of nitrogens with zero attached hydrogens (tertiary/aromatic N) is 2. The van der Waals surface area contributed by atoms with E-state index in [-0.39, 0.29) is 18.7 Å². The summed E-state index contributed by atoms with van der Waals surface area (Å²) in [7, 11) is 0. The SMILES string of the molecule is Cc1c(Cl)cccc1N[C@H](C)C(=O)N1[C@H]2CC[C@@H]([C@H]1C(=O)N[C@@H](C#N)C[C@H]1CCCNC1=O)C(F)(F)C2. The molecule has 5 rings (SSSR count). The molecule has 3 amide bonds. The number of nitrogens with one attached hydrogen (secondary N) is 3. The third kappa shape index (κ3) is 5.52. The van der Waals surface area contributed by atoms with E-state index in [0.29, 0.717) is 30.1 Å². The van der Waals surface area contributed by atoms with Gasteiger partial charge in [-0.05, 0) is 63.6 Å². The van der Waals surface area contributed by atoms with Crippen molar-refractivity contribution in [3.05, 3.63) is 28.8 Å². The van der Waals surface area contributed by atoms with Crippen LogP contribution in [0.4, 0.5) is 14.5 Å². The number of hydrogen-bond acceptors (Lipinski definition) is 5. The highest BCUT2D eigenvalue weighted by Gasteiger charge is 2.60. The van der Waals surface area contributed by atoms with Crippen molar-refractivity contribution in [1.29, 1.82) is 5.26 Å². The highest BCUT2D eigenvalue weighted by molar-refractivity contribution is 6.31. The Morgan fingerprint density at radius 1 is 1.32 bits per heavy atom. The van der Waals surface area contributed by atoms with Gasteiger partial charge in [0.05, 0.1) is 12.0 Å². The second-order valence-electron chi connectivity index (χ2n) is 10.3. The summed E-state index contributed by atoms with van der Waals surface area (Å²) < 4.78 is 29.9. The van der Waals surface area contributed by atoms with Gasteiger partial charge in [0.15, 0.2) is 0 Å². The summed E-state index contributed by atoms with van der Waals surface area (Å²) in [5.41, 5.74) is 1.38. The highest BCUT2D eigenvalue weighted by atomic mass is 35.5. The Labute approximate surface area is 220 Å². The average Bonchev–Trinajstić information content (AvgIpc) is 2.86. The smallest absolute Gasteiger partial charge is 0.255 e. The van der Waals surface area contributed by atoms with E-state index in [1.54, 1.807) is 32.0 Å². The van der Waals surface area contributed by atoms with E-state index in [4.69, 9.17) is 11.6 Å². The van der Waals surface area contributed by atoms with E-state index < -0.39 is 60.2 Å². The minimum Gasteiger partial charge on any atom is -0.374 e. The Hall–Kier alpha value is -2.93. The minimum absolute atomic E-state index is 0.0885. The Kier molecular flexibility index (Phi) is 7.93. The number of carbonyl (C=O) groups excluding carboxylic acids is 3. The third-order valence-corrected chi connectivity index (χ3v) is 8.27. The first kappa shape index (κ1) is 27.1. The standard InChI is InChI=1S/C26H32ClF2N5O3/c1-14-20(27)6-3-7-21(14)32-15(2)25(37)34-18-8-9-19(26(28,29)12-18)22(34)24(36)33-17(13-30)11-16-5-4-10-31-23(16)35/h3,6-7,15-19,22,32H,4-5,8-12H2,1-2H3,(H,31,35)(H,33,36)/t15-,16-,17-,18+,19+,22+/m1/s1. The molecule has 37 heavy (non-hydrogen) atoms. The number of halogens is 3. The lowest BCUT2D eigenvalue weighted by atomic mass is 9.71. The van der Waals surface area contributed by atoms with Gasteiger partial charge in [0, 0.05) is 35.6 Å². The summed E-state index contributed by atoms with van der Waals surface area (Å²) in [6.45, 7) is 3.99. The summed E-state index contributed by atoms with van der Waals surface area (Å²) in [5, 5.41) is 18.6. The largest absolute Gasteiger partial charge is 0.374 e. The van der Waals surface area contributed by atoms with Crippen molar-refractivity contribution in [3.8, 4) is 6.07 Å². The molecule has 0 spiro atoms. The van der Waals surface area contributed by atoms with Gasteiger partial charge in [-0.1, -0.05) is 17.7 Å². The van der Waals surface area contributed by atoms with E-state index in [1.807, 2.05) is 6.07 Å². The Morgan fingerprint density at radius 3 is 2.76 bits per heavy atom. The monoisotopic (exact) mass is 535 g/mol. The maximum atomic E-state index is 15.0. The average molecular weight is 536 g/mol. The maximum absolute atomic E-state index is 15.0. The van der Waals surface area contributed by atoms with Crippen LogP contribution in [-0.2, 0) is 14.4 Å². The van der Waals surface area contributed by atoms with E-state index in [0.717, 1.165) is 12.0 Å². The molecule has 4 aliphatic rings. The lowest BCUT2D eigenvalue weighted by Crippen LogP contribution is -2.70. The van der Waals surface area contributed by atoms with Gasteiger partial charge in [-0.2, -0.15) is 5.26 Å². The van der Waals surface area contributed by atoms with Crippen molar-refractivity contribution in [2.75, 3.05) is 11.9 Å². The number of piperidine rings is 3. The molecule has 4 fully saturated rings. The van der Waals surface area contributed by atoms with Gasteiger partial charge in [0.2, 0.25) is 17.7 Å². The number of amides is 3. The summed E-state index contributed by atoms with van der Waals surface area (Å²) in [4.78, 5) is 40.5. The molecule has 3 saturated heterocycles. The Bertz CT molecular complexity index is 1110. The molecule has 1 saturated carbocycles. The molecule has 0 radical (unpaired) electrons. The maximum Gasteiger partial charge on any atom is 0.255 e. The zero-order valence-corrected chi connectivity index (χ0v) is 21.7. The number of alkyl halides is 2. The normalized spacial score (nSPS) is 28.0. The first-order valence-electron chi connectivity index (χ1n) is 12.7. The van der Waals surface area contributed by atoms with Crippen molar-refractivity contribution >= 4 is 35.0 Å². The summed E-state index contributed by atoms with van der Waals surface area (Å²) in [5.74, 6) is -6.32. The van der Waals surface area contributed by atoms with Crippen LogP contribution >= 0.6 is 11.6 Å². The van der Waals surface area contributed by atoms with Gasteiger partial charge in [-0.25, -0.2) is 8.78 Å². The van der Waals surface area contributed by atoms with Crippen LogP contribution in [0.2, 0.25) is 5.02 Å². The van der Waals surface area contributed by atoms with Crippen molar-refractivity contribution in [2.24, 2.45) is 11.8 Å². The predicted octanol–water partition coefficient (Wildman–Crippen LogP) is 3.39. The van der Waals surface area contributed by atoms with Crippen molar-refractivity contribution in [1.82, 2.24) is 15.5 Å². The molecular weight excluding hydrogens is 504 g/mol. The van der Waals surface area contributed by atoms with Gasteiger partial charge < -0.3 is 20.9 Å². The second-order valence-corrected chi connectivity index (χ2v) is 10.7. The number of anilines is 1. The summed E-state index contributed by atoms with van der Waals surface area (Å²) >= 11 is 6.19. The van der Waals surface area contributed by atoms with E-state index in [9.17, 15) is 28.4 Å². The predicted molar refractivity (Wildman–Crippen MR) is 134 cm³/mol. The molecule has 3 aliphatic heterocycles. The zero-order chi connectivity index (χ0) is 26.9. The number of hydrogen-bond donors (Lipinski definition) is 3. The molecule has 6 atom stereocenters. The number of nitriles is 1. The second kappa shape index (κ2) is 10.8. The van der Waals surface area contributed by atoms with Gasteiger partial charge in [0.1, 0.15) is 18.1 Å². The Balaban J connectivity index is 1.54. The van der Waals surface area contributed by atoms with Crippen LogP contribution in [0.1, 0.15) is 51.0 Å². The number of benzene rings is 1. The summed E-state index contributed by atoms with van der Waals surface area (Å²) in [6.07, 6.45) is 1.42. The van der Waals surface area contributed by atoms with Gasteiger partial charge in [0.25, 0.3) is 5.92 Å². The third-order valence-electron chi connectivity index (χ3n) is 7.86. The number of fused-ring (bicyclic) bond motifs is 3. The van der Waals surface area contributed by atoms with E-state index in [1.165, 1.54) is 4.90 Å². The first-order valence-corrected chi connectivity index (χ1v) is 13.1. The molecule has 8 nitrogen and oxygen atoms in total. The first-order chi connectivity index (χ1) is 17.5. The zero-order valence-electron chi connectivity index (χ0n) is 20.9. The van der Waals surface area contributed by atoms with Crippen LogP contribution in [0.25, 0.3) is 0 Å². The fraction of sp³-hybridized carbons (Fsp3) is 0.615. The van der Waals surface area contributed by atoms with Crippen LogP contribution in [-0.4, -0.2) is 59.3 Å². The van der Waals surface area contributed by atoms with Crippen LogP contribution in [0, 0.1) is 30.1 Å². The van der Waals surface area contributed by atoms with Crippen LogP contribution in [0.15, 0.2) is 18.2 Å². The van der Waals surface area contributed by atoms with E-state index in [2.05, 4.69) is 16.0 Å². The fourth-order valence-electron chi connectivity index (χ4n) is 5.85. The van der Waals surface area contributed by atoms with Crippen molar-refractivity contribution in [3.63, 3.8) is 0 Å². The minimum atomic E-state index is -3.10. The fourth-order valence-corrected chi connectivity index (χ4v) is 6.03. The van der Waals surface area contributed by atoms with Gasteiger partial charge in [-0.3, -0.25) is 14.4 Å².